The van der Waals surface area contributed by atoms with Crippen LogP contribution in [0.4, 0.5) is 5.82 Å². The molecule has 2 aromatic heterocycles. The third-order valence-corrected chi connectivity index (χ3v) is 15.0. The van der Waals surface area contributed by atoms with Crippen LogP contribution in [0.25, 0.3) is 6.08 Å². The number of carbonyl (C=O) groups excluding carboxylic acids is 5. The number of rotatable bonds is 18. The molecular weight excluding hydrogens is 839 g/mol. The zero-order valence-corrected chi connectivity index (χ0v) is 38.5. The molecule has 0 radical (unpaired) electrons. The van der Waals surface area contributed by atoms with Gasteiger partial charge in [-0.1, -0.05) is 25.3 Å². The maximum Gasteiger partial charge on any atom is 0.255 e. The van der Waals surface area contributed by atoms with Gasteiger partial charge in [-0.3, -0.25) is 39.2 Å². The lowest BCUT2D eigenvalue weighted by molar-refractivity contribution is -0.137. The first kappa shape index (κ1) is 46.4. The van der Waals surface area contributed by atoms with Crippen LogP contribution in [-0.4, -0.2) is 142 Å². The Kier molecular flexibility index (Phi) is 16.3. The fraction of sp³-hybridized carbons (Fsp3) is 0.540. The molecule has 5 aliphatic heterocycles. The van der Waals surface area contributed by atoms with Crippen molar-refractivity contribution in [2.75, 3.05) is 76.1 Å². The number of thioether (sulfide) groups is 1. The number of hydrogen-bond donors (Lipinski definition) is 2. The Morgan fingerprint density at radius 3 is 2.43 bits per heavy atom. The molecule has 0 spiro atoms. The van der Waals surface area contributed by atoms with Gasteiger partial charge in [-0.15, -0.1) is 11.8 Å². The number of imide groups is 1. The molecule has 5 aliphatic rings. The van der Waals surface area contributed by atoms with Crippen molar-refractivity contribution in [3.63, 3.8) is 0 Å². The van der Waals surface area contributed by atoms with E-state index >= 15 is 0 Å². The van der Waals surface area contributed by atoms with E-state index in [0.717, 1.165) is 138 Å². The number of amides is 5. The van der Waals surface area contributed by atoms with Crippen LogP contribution >= 0.6 is 11.8 Å². The quantitative estimate of drug-likeness (QED) is 0.0707. The zero-order chi connectivity index (χ0) is 45.0. The molecule has 5 amide bonds. The Labute approximate surface area is 388 Å². The first-order valence-corrected chi connectivity index (χ1v) is 25.0. The van der Waals surface area contributed by atoms with Crippen LogP contribution in [0.3, 0.4) is 0 Å². The monoisotopic (exact) mass is 903 g/mol. The number of carbonyl (C=O) groups is 5. The molecule has 346 valence electrons. The summed E-state index contributed by atoms with van der Waals surface area (Å²) in [6.45, 7) is 10.3. The van der Waals surface area contributed by atoms with Gasteiger partial charge < -0.3 is 24.9 Å². The van der Waals surface area contributed by atoms with E-state index in [2.05, 4.69) is 36.4 Å². The van der Waals surface area contributed by atoms with Crippen molar-refractivity contribution >= 4 is 53.2 Å². The summed E-state index contributed by atoms with van der Waals surface area (Å²) in [5, 5.41) is 5.34. The van der Waals surface area contributed by atoms with Crippen molar-refractivity contribution in [3.8, 4) is 0 Å². The molecule has 1 atom stereocenters. The second-order valence-corrected chi connectivity index (χ2v) is 19.4. The summed E-state index contributed by atoms with van der Waals surface area (Å²) >= 11 is 1.83. The van der Waals surface area contributed by atoms with Crippen molar-refractivity contribution in [1.29, 1.82) is 0 Å². The Bertz CT molecular complexity index is 2130. The molecule has 65 heavy (non-hydrogen) atoms. The van der Waals surface area contributed by atoms with Crippen LogP contribution in [0, 0.1) is 5.92 Å². The predicted octanol–water partition coefficient (Wildman–Crippen LogP) is 5.64. The number of piperazine rings is 1. The van der Waals surface area contributed by atoms with Crippen molar-refractivity contribution in [3.05, 3.63) is 89.4 Å². The molecule has 0 saturated carbocycles. The summed E-state index contributed by atoms with van der Waals surface area (Å²) in [7, 11) is 0. The van der Waals surface area contributed by atoms with Crippen LogP contribution in [-0.2, 0) is 20.9 Å². The number of piperidine rings is 3. The Hall–Kier alpha value is -5.12. The van der Waals surface area contributed by atoms with Crippen molar-refractivity contribution in [1.82, 2.24) is 40.2 Å². The number of unbranched alkanes of at least 4 members (excludes halogenated alkanes) is 3. The van der Waals surface area contributed by atoms with Crippen LogP contribution in [0.5, 0.6) is 0 Å². The topological polar surface area (TPSA) is 151 Å². The minimum Gasteiger partial charge on any atom is -0.357 e. The maximum atomic E-state index is 13.4. The highest BCUT2D eigenvalue weighted by Crippen LogP contribution is 2.32. The van der Waals surface area contributed by atoms with Gasteiger partial charge in [0.1, 0.15) is 11.9 Å². The third-order valence-electron chi connectivity index (χ3n) is 13.9. The number of pyridine rings is 2. The first-order chi connectivity index (χ1) is 31.8. The lowest BCUT2D eigenvalue weighted by atomic mass is 9.91. The molecule has 1 aromatic carbocycles. The number of fused-ring (bicyclic) bond motifs is 1. The first-order valence-electron chi connectivity index (χ1n) is 24.0. The van der Waals surface area contributed by atoms with Crippen molar-refractivity contribution in [2.45, 2.75) is 101 Å². The zero-order valence-electron chi connectivity index (χ0n) is 37.7. The number of aromatic nitrogens is 2. The number of nitrogens with one attached hydrogen (secondary N) is 2. The van der Waals surface area contributed by atoms with Gasteiger partial charge in [0, 0.05) is 113 Å². The second-order valence-electron chi connectivity index (χ2n) is 18.3. The molecule has 8 rings (SSSR count). The average molecular weight is 904 g/mol. The summed E-state index contributed by atoms with van der Waals surface area (Å²) in [5.74, 6) is 1.85. The van der Waals surface area contributed by atoms with E-state index in [1.54, 1.807) is 35.6 Å². The van der Waals surface area contributed by atoms with E-state index in [0.29, 0.717) is 42.6 Å². The Balaban J connectivity index is 0.651. The smallest absolute Gasteiger partial charge is 0.255 e. The molecule has 4 fully saturated rings. The standard InChI is InChI=1S/C50H65N9O5S/c60-46(15-9-38-8-6-21-51-34-38)52-22-3-2-7-37-17-24-58(25-18-37)49(63)39-10-14-45(53-35-39)57-26-19-41(20-27-57)56-30-28-55(29-31-56)23-4-1-5-32-65-42-11-12-43-40(33-42)36-59(50(43)64)44-13-16-47(61)54-48(44)62/h6,8-12,14-15,21,33-35,37,41,44H,1-5,7,13,16-20,22-32,36H2,(H,52,60)(H,54,61,62)/b15-9+. The largest absolute Gasteiger partial charge is 0.357 e. The lowest BCUT2D eigenvalue weighted by Gasteiger charge is -2.43. The Morgan fingerprint density at radius 2 is 1.68 bits per heavy atom. The predicted molar refractivity (Wildman–Crippen MR) is 253 cm³/mol. The van der Waals surface area contributed by atoms with Crippen LogP contribution in [0.1, 0.15) is 109 Å². The molecule has 4 saturated heterocycles. The fourth-order valence-corrected chi connectivity index (χ4v) is 11.0. The molecule has 3 aromatic rings. The van der Waals surface area contributed by atoms with Gasteiger partial charge in [0.2, 0.25) is 17.7 Å². The van der Waals surface area contributed by atoms with Gasteiger partial charge in [-0.2, -0.15) is 0 Å². The van der Waals surface area contributed by atoms with E-state index in [1.807, 2.05) is 53.1 Å². The van der Waals surface area contributed by atoms with Crippen LogP contribution < -0.4 is 15.5 Å². The van der Waals surface area contributed by atoms with Crippen molar-refractivity contribution in [2.24, 2.45) is 5.92 Å². The van der Waals surface area contributed by atoms with Gasteiger partial charge in [0.25, 0.3) is 11.8 Å². The van der Waals surface area contributed by atoms with Gasteiger partial charge in [0.05, 0.1) is 5.56 Å². The number of benzene rings is 1. The van der Waals surface area contributed by atoms with E-state index < -0.39 is 6.04 Å². The molecule has 14 nitrogen and oxygen atoms in total. The van der Waals surface area contributed by atoms with Gasteiger partial charge in [-0.05, 0) is 123 Å². The van der Waals surface area contributed by atoms with E-state index in [9.17, 15) is 24.0 Å². The summed E-state index contributed by atoms with van der Waals surface area (Å²) in [5.41, 5.74) is 3.20. The number of hydrogen-bond acceptors (Lipinski definition) is 11. The number of nitrogens with zero attached hydrogens (tertiary/aromatic N) is 7. The maximum absolute atomic E-state index is 13.4. The fourth-order valence-electron chi connectivity index (χ4n) is 10.0. The molecular formula is C50H65N9O5S. The molecule has 7 heterocycles. The summed E-state index contributed by atoms with van der Waals surface area (Å²) in [6.07, 6.45) is 20.2. The highest BCUT2D eigenvalue weighted by atomic mass is 32.2. The number of anilines is 1. The molecule has 0 aliphatic carbocycles. The SMILES string of the molecule is O=C(/C=C/c1cccnc1)NCCCCC1CCN(C(=O)c2ccc(N3CCC(N4CCN(CCCCCSc5ccc6c(c5)CN(C5CCC(=O)NC5=O)C6=O)CC4)CC3)nc2)CC1. The van der Waals surface area contributed by atoms with E-state index in [1.165, 1.54) is 12.8 Å². The molecule has 0 bridgehead atoms. The van der Waals surface area contributed by atoms with E-state index in [4.69, 9.17) is 4.98 Å². The summed E-state index contributed by atoms with van der Waals surface area (Å²) in [6, 6.07) is 13.8. The highest BCUT2D eigenvalue weighted by Gasteiger charge is 2.39. The second kappa shape index (κ2) is 22.9. The lowest BCUT2D eigenvalue weighted by Crippen LogP contribution is -2.53. The number of likely N-dealkylation sites (tertiary alicyclic amines) is 1. The van der Waals surface area contributed by atoms with Crippen LogP contribution in [0.15, 0.2) is 72.0 Å². The summed E-state index contributed by atoms with van der Waals surface area (Å²) < 4.78 is 0. The minimum atomic E-state index is -0.578. The van der Waals surface area contributed by atoms with Gasteiger partial charge >= 0.3 is 0 Å². The Morgan fingerprint density at radius 1 is 0.846 bits per heavy atom. The minimum absolute atomic E-state index is 0.0801. The normalized spacial score (nSPS) is 20.4. The molecule has 15 heteroatoms. The summed E-state index contributed by atoms with van der Waals surface area (Å²) in [4.78, 5) is 83.7. The van der Waals surface area contributed by atoms with Gasteiger partial charge in [0.15, 0.2) is 0 Å². The van der Waals surface area contributed by atoms with Crippen LogP contribution in [0.2, 0.25) is 0 Å². The van der Waals surface area contributed by atoms with Crippen molar-refractivity contribution < 1.29 is 24.0 Å². The van der Waals surface area contributed by atoms with Gasteiger partial charge in [-0.25, -0.2) is 4.98 Å². The van der Waals surface area contributed by atoms with E-state index in [-0.39, 0.29) is 36.0 Å². The molecule has 1 unspecified atom stereocenters. The average Bonchev–Trinajstić information content (AvgIpc) is 3.66. The highest BCUT2D eigenvalue weighted by molar-refractivity contribution is 7.99. The third kappa shape index (κ3) is 12.6. The molecule has 2 N–H and O–H groups in total.